The zero-order valence-corrected chi connectivity index (χ0v) is 13.1. The van der Waals surface area contributed by atoms with Gasteiger partial charge in [-0.25, -0.2) is 4.39 Å². The summed E-state index contributed by atoms with van der Waals surface area (Å²) in [6.45, 7) is 0. The van der Waals surface area contributed by atoms with Gasteiger partial charge in [0, 0.05) is 17.2 Å². The van der Waals surface area contributed by atoms with Crippen molar-refractivity contribution in [2.45, 2.75) is 5.38 Å². The van der Waals surface area contributed by atoms with Crippen molar-refractivity contribution < 1.29 is 13.5 Å². The zero-order chi connectivity index (χ0) is 13.3. The lowest BCUT2D eigenvalue weighted by molar-refractivity contribution is 0.406. The second-order valence-corrected chi connectivity index (χ2v) is 5.53. The first-order valence-electron chi connectivity index (χ1n) is 4.94. The summed E-state index contributed by atoms with van der Waals surface area (Å²) >= 11 is 12.8. The van der Waals surface area contributed by atoms with Crippen LogP contribution in [0.25, 0.3) is 0 Å². The highest BCUT2D eigenvalue weighted by Crippen LogP contribution is 2.40. The quantitative estimate of drug-likeness (QED) is 0.657. The first-order chi connectivity index (χ1) is 8.54. The van der Waals surface area contributed by atoms with Gasteiger partial charge in [0.15, 0.2) is 4.67 Å². The van der Waals surface area contributed by atoms with Gasteiger partial charge >= 0.3 is 0 Å². The van der Waals surface area contributed by atoms with E-state index in [2.05, 4.69) is 31.9 Å². The number of hydrogen-bond acceptors (Lipinski definition) is 2. The van der Waals surface area contributed by atoms with Crippen LogP contribution in [-0.4, -0.2) is 7.11 Å². The van der Waals surface area contributed by atoms with Crippen LogP contribution in [0.15, 0.2) is 38.0 Å². The Morgan fingerprint density at radius 1 is 1.33 bits per heavy atom. The van der Waals surface area contributed by atoms with Crippen molar-refractivity contribution in [2.75, 3.05) is 7.11 Å². The molecule has 0 N–H and O–H groups in total. The highest BCUT2D eigenvalue weighted by atomic mass is 79.9. The Balaban J connectivity index is 2.50. The molecule has 0 fully saturated rings. The molecule has 0 saturated heterocycles. The maximum absolute atomic E-state index is 13.4. The van der Waals surface area contributed by atoms with E-state index in [9.17, 15) is 4.39 Å². The van der Waals surface area contributed by atoms with Crippen molar-refractivity contribution in [1.29, 1.82) is 0 Å². The number of alkyl halides is 1. The maximum atomic E-state index is 13.4. The number of rotatable bonds is 3. The molecule has 0 radical (unpaired) electrons. The van der Waals surface area contributed by atoms with Crippen LogP contribution in [0.1, 0.15) is 16.5 Å². The topological polar surface area (TPSA) is 22.4 Å². The van der Waals surface area contributed by atoms with E-state index in [0.29, 0.717) is 20.5 Å². The molecule has 6 heteroatoms. The van der Waals surface area contributed by atoms with Crippen LogP contribution in [-0.2, 0) is 0 Å². The van der Waals surface area contributed by atoms with E-state index in [1.807, 2.05) is 0 Å². The van der Waals surface area contributed by atoms with Gasteiger partial charge in [0.2, 0.25) is 0 Å². The largest absolute Gasteiger partial charge is 0.496 e. The van der Waals surface area contributed by atoms with E-state index in [1.54, 1.807) is 12.1 Å². The predicted molar refractivity (Wildman–Crippen MR) is 74.8 cm³/mol. The number of halogens is 4. The summed E-state index contributed by atoms with van der Waals surface area (Å²) in [5.41, 5.74) is 1.42. The van der Waals surface area contributed by atoms with Gasteiger partial charge < -0.3 is 9.15 Å². The molecule has 1 atom stereocenters. The summed E-state index contributed by atoms with van der Waals surface area (Å²) in [6.07, 6.45) is 1.53. The van der Waals surface area contributed by atoms with Crippen LogP contribution in [0.4, 0.5) is 4.39 Å². The van der Waals surface area contributed by atoms with Crippen molar-refractivity contribution in [2.24, 2.45) is 0 Å². The molecule has 0 aliphatic carbocycles. The van der Waals surface area contributed by atoms with Crippen LogP contribution in [0.3, 0.4) is 0 Å². The Hall–Kier alpha value is -0.520. The number of benzene rings is 1. The lowest BCUT2D eigenvalue weighted by atomic mass is 10.1. The molecule has 0 bridgehead atoms. The molecule has 0 amide bonds. The van der Waals surface area contributed by atoms with Gasteiger partial charge in [0.25, 0.3) is 0 Å². The first kappa shape index (κ1) is 13.9. The SMILES string of the molecule is COc1cc(F)c(Br)cc1C(Cl)c1ccoc1Br. The average Bonchev–Trinajstić information content (AvgIpc) is 2.77. The van der Waals surface area contributed by atoms with Crippen LogP contribution in [0, 0.1) is 5.82 Å². The summed E-state index contributed by atoms with van der Waals surface area (Å²) in [6, 6.07) is 4.65. The average molecular weight is 398 g/mol. The number of hydrogen-bond donors (Lipinski definition) is 0. The Morgan fingerprint density at radius 3 is 2.61 bits per heavy atom. The predicted octanol–water partition coefficient (Wildman–Crippen LogP) is 5.28. The van der Waals surface area contributed by atoms with Crippen molar-refractivity contribution in [3.63, 3.8) is 0 Å². The van der Waals surface area contributed by atoms with Crippen molar-refractivity contribution in [3.8, 4) is 5.75 Å². The molecule has 2 aromatic rings. The van der Waals surface area contributed by atoms with E-state index in [-0.39, 0.29) is 0 Å². The molecule has 1 aromatic heterocycles. The smallest absolute Gasteiger partial charge is 0.173 e. The zero-order valence-electron chi connectivity index (χ0n) is 9.22. The summed E-state index contributed by atoms with van der Waals surface area (Å²) in [7, 11) is 1.47. The Labute approximate surface area is 125 Å². The molecule has 96 valence electrons. The van der Waals surface area contributed by atoms with Gasteiger partial charge in [-0.2, -0.15) is 0 Å². The fraction of sp³-hybridized carbons (Fsp3) is 0.167. The lowest BCUT2D eigenvalue weighted by Crippen LogP contribution is -1.98. The van der Waals surface area contributed by atoms with Gasteiger partial charge in [-0.1, -0.05) is 0 Å². The molecule has 0 aliphatic heterocycles. The molecule has 0 saturated carbocycles. The monoisotopic (exact) mass is 396 g/mol. The summed E-state index contributed by atoms with van der Waals surface area (Å²) in [5, 5.41) is -0.495. The molecule has 1 unspecified atom stereocenters. The van der Waals surface area contributed by atoms with Gasteiger partial charge in [-0.15, -0.1) is 11.6 Å². The van der Waals surface area contributed by atoms with E-state index in [0.717, 1.165) is 5.56 Å². The Morgan fingerprint density at radius 2 is 2.06 bits per heavy atom. The fourth-order valence-electron chi connectivity index (χ4n) is 1.57. The molecule has 0 spiro atoms. The Bertz CT molecular complexity index is 571. The standard InChI is InChI=1S/C12H8Br2ClFO2/c1-17-10-5-9(16)8(13)4-7(10)11(15)6-2-3-18-12(6)14/h2-5,11H,1H3. The van der Waals surface area contributed by atoms with Crippen molar-refractivity contribution in [3.05, 3.63) is 50.5 Å². The first-order valence-corrected chi connectivity index (χ1v) is 6.96. The third-order valence-corrected chi connectivity index (χ3v) is 4.19. The molecular formula is C12H8Br2ClFO2. The van der Waals surface area contributed by atoms with Gasteiger partial charge in [-0.3, -0.25) is 0 Å². The minimum Gasteiger partial charge on any atom is -0.496 e. The highest BCUT2D eigenvalue weighted by molar-refractivity contribution is 9.10. The van der Waals surface area contributed by atoms with E-state index in [1.165, 1.54) is 19.4 Å². The normalized spacial score (nSPS) is 12.5. The van der Waals surface area contributed by atoms with Crippen LogP contribution in [0.5, 0.6) is 5.75 Å². The van der Waals surface area contributed by atoms with Crippen LogP contribution >= 0.6 is 43.5 Å². The van der Waals surface area contributed by atoms with E-state index in [4.69, 9.17) is 20.8 Å². The maximum Gasteiger partial charge on any atom is 0.173 e. The minimum absolute atomic E-state index is 0.337. The third-order valence-electron chi connectivity index (χ3n) is 2.46. The van der Waals surface area contributed by atoms with E-state index >= 15 is 0 Å². The van der Waals surface area contributed by atoms with Crippen molar-refractivity contribution >= 4 is 43.5 Å². The molecule has 2 nitrogen and oxygen atoms in total. The third kappa shape index (κ3) is 2.58. The van der Waals surface area contributed by atoms with Gasteiger partial charge in [-0.05, 0) is 44.0 Å². The summed E-state index contributed by atoms with van der Waals surface area (Å²) in [4.78, 5) is 0. The molecule has 0 aliphatic rings. The summed E-state index contributed by atoms with van der Waals surface area (Å²) in [5.74, 6) is -0.00507. The number of ether oxygens (including phenoxy) is 1. The van der Waals surface area contributed by atoms with Gasteiger partial charge in [0.1, 0.15) is 11.6 Å². The fourth-order valence-corrected chi connectivity index (χ4v) is 2.88. The highest BCUT2D eigenvalue weighted by Gasteiger charge is 2.21. The van der Waals surface area contributed by atoms with Gasteiger partial charge in [0.05, 0.1) is 23.2 Å². The number of furan rings is 1. The van der Waals surface area contributed by atoms with Crippen molar-refractivity contribution in [1.82, 2.24) is 0 Å². The molecule has 2 rings (SSSR count). The van der Waals surface area contributed by atoms with E-state index < -0.39 is 11.2 Å². The molecule has 1 heterocycles. The van der Waals surface area contributed by atoms with Crippen LogP contribution < -0.4 is 4.74 Å². The molecule has 18 heavy (non-hydrogen) atoms. The molecular weight excluding hydrogens is 390 g/mol. The number of methoxy groups -OCH3 is 1. The molecule has 1 aromatic carbocycles. The second kappa shape index (κ2) is 5.63. The summed E-state index contributed by atoms with van der Waals surface area (Å²) < 4.78 is 24.6. The second-order valence-electron chi connectivity index (χ2n) is 3.52. The lowest BCUT2D eigenvalue weighted by Gasteiger charge is -2.14. The Kier molecular flexibility index (Phi) is 4.35. The minimum atomic E-state index is -0.495. The van der Waals surface area contributed by atoms with Crippen LogP contribution in [0.2, 0.25) is 0 Å².